The monoisotopic (exact) mass is 512 g/mol. The van der Waals surface area contributed by atoms with Gasteiger partial charge in [0.05, 0.1) is 37.3 Å². The Morgan fingerprint density at radius 2 is 2.03 bits per heavy atom. The number of fused-ring (bicyclic) bond motifs is 1. The second kappa shape index (κ2) is 11.7. The van der Waals surface area contributed by atoms with Gasteiger partial charge in [0.25, 0.3) is 5.91 Å². The Kier molecular flexibility index (Phi) is 8.96. The van der Waals surface area contributed by atoms with Gasteiger partial charge in [-0.2, -0.15) is 18.3 Å². The molecule has 0 radical (unpaired) electrons. The minimum absolute atomic E-state index is 0.00247. The van der Waals surface area contributed by atoms with Crippen molar-refractivity contribution in [3.05, 3.63) is 41.2 Å². The molecule has 36 heavy (non-hydrogen) atoms. The molecule has 1 atom stereocenters. The second-order valence-electron chi connectivity index (χ2n) is 8.45. The van der Waals surface area contributed by atoms with E-state index in [9.17, 15) is 27.5 Å². The van der Waals surface area contributed by atoms with Crippen LogP contribution in [0.3, 0.4) is 0 Å². The fourth-order valence-electron chi connectivity index (χ4n) is 3.36. The third kappa shape index (κ3) is 6.76. The SMILES string of the molecule is C=N/C(=C\CCOCCCF)[C@@](O)(CNC(=O)c1cc(OC2CC2)c2nnc(C)cc2c1)C(F)(F)F. The molecule has 1 aromatic heterocycles. The van der Waals surface area contributed by atoms with Crippen molar-refractivity contribution in [3.8, 4) is 5.75 Å². The van der Waals surface area contributed by atoms with Crippen molar-refractivity contribution in [2.24, 2.45) is 4.99 Å². The van der Waals surface area contributed by atoms with Gasteiger partial charge >= 0.3 is 6.18 Å². The van der Waals surface area contributed by atoms with Crippen LogP contribution in [0, 0.1) is 6.92 Å². The maximum atomic E-state index is 13.9. The highest BCUT2D eigenvalue weighted by Crippen LogP contribution is 2.37. The summed E-state index contributed by atoms with van der Waals surface area (Å²) in [7, 11) is 0. The maximum absolute atomic E-state index is 13.9. The van der Waals surface area contributed by atoms with Gasteiger partial charge in [-0.3, -0.25) is 14.2 Å². The van der Waals surface area contributed by atoms with E-state index in [1.165, 1.54) is 12.1 Å². The summed E-state index contributed by atoms with van der Waals surface area (Å²) in [4.78, 5) is 16.2. The molecule has 1 aromatic carbocycles. The molecule has 1 saturated carbocycles. The van der Waals surface area contributed by atoms with Crippen LogP contribution < -0.4 is 10.1 Å². The van der Waals surface area contributed by atoms with Crippen LogP contribution in [0.1, 0.15) is 41.7 Å². The van der Waals surface area contributed by atoms with Crippen LogP contribution in [0.4, 0.5) is 17.6 Å². The summed E-state index contributed by atoms with van der Waals surface area (Å²) in [6, 6.07) is 4.54. The van der Waals surface area contributed by atoms with E-state index in [4.69, 9.17) is 9.47 Å². The lowest BCUT2D eigenvalue weighted by Gasteiger charge is -2.31. The number of benzene rings is 1. The Hall–Kier alpha value is -3.12. The molecule has 1 amide bonds. The van der Waals surface area contributed by atoms with Gasteiger partial charge in [-0.05, 0) is 57.5 Å². The molecule has 1 heterocycles. The van der Waals surface area contributed by atoms with E-state index in [-0.39, 0.29) is 37.7 Å². The van der Waals surface area contributed by atoms with Gasteiger partial charge in [0.2, 0.25) is 5.60 Å². The molecule has 1 aliphatic rings. The number of amides is 1. The third-order valence-electron chi connectivity index (χ3n) is 5.45. The van der Waals surface area contributed by atoms with E-state index in [0.29, 0.717) is 22.3 Å². The van der Waals surface area contributed by atoms with Crippen molar-refractivity contribution < 1.29 is 36.9 Å². The maximum Gasteiger partial charge on any atom is 0.424 e. The van der Waals surface area contributed by atoms with Crippen molar-refractivity contribution in [1.82, 2.24) is 15.5 Å². The Bertz CT molecular complexity index is 1120. The zero-order chi connectivity index (χ0) is 26.3. The lowest BCUT2D eigenvalue weighted by molar-refractivity contribution is -0.241. The lowest BCUT2D eigenvalue weighted by atomic mass is 9.97. The molecule has 12 heteroatoms. The summed E-state index contributed by atoms with van der Waals surface area (Å²) in [5.74, 6) is -0.549. The van der Waals surface area contributed by atoms with Crippen molar-refractivity contribution in [2.45, 2.75) is 50.5 Å². The highest BCUT2D eigenvalue weighted by molar-refractivity contribution is 5.99. The van der Waals surface area contributed by atoms with Gasteiger partial charge in [-0.25, -0.2) is 0 Å². The smallest absolute Gasteiger partial charge is 0.424 e. The van der Waals surface area contributed by atoms with E-state index < -0.39 is 36.6 Å². The first-order chi connectivity index (χ1) is 17.1. The summed E-state index contributed by atoms with van der Waals surface area (Å²) >= 11 is 0. The largest absolute Gasteiger partial charge is 0.488 e. The van der Waals surface area contributed by atoms with Gasteiger partial charge in [-0.1, -0.05) is 6.08 Å². The van der Waals surface area contributed by atoms with Crippen molar-refractivity contribution in [3.63, 3.8) is 0 Å². The number of halogens is 4. The standard InChI is InChI=1S/C24H28F4N4O4/c1-15-11-16-12-17(13-19(21(16)32-31-15)36-18-6-7-18)22(33)30-14-23(34,24(26,27)28)20(29-2)5-3-9-35-10-4-8-25/h5,11-13,18,34H,2-4,6-10,14H2,1H3,(H,30,33)/b20-5-/t23-/m0/s1. The van der Waals surface area contributed by atoms with Crippen LogP contribution >= 0.6 is 0 Å². The van der Waals surface area contributed by atoms with E-state index in [2.05, 4.69) is 27.2 Å². The summed E-state index contributed by atoms with van der Waals surface area (Å²) in [6.07, 6.45) is -2.32. The number of aryl methyl sites for hydroxylation is 1. The molecule has 1 fully saturated rings. The number of nitrogens with one attached hydrogen (secondary N) is 1. The molecule has 0 saturated heterocycles. The number of aliphatic imine (C=N–C) groups is 1. The zero-order valence-corrected chi connectivity index (χ0v) is 19.8. The first-order valence-electron chi connectivity index (χ1n) is 11.4. The first-order valence-corrected chi connectivity index (χ1v) is 11.4. The zero-order valence-electron chi connectivity index (χ0n) is 19.8. The molecule has 8 nitrogen and oxygen atoms in total. The topological polar surface area (TPSA) is 106 Å². The minimum atomic E-state index is -5.17. The fourth-order valence-corrected chi connectivity index (χ4v) is 3.36. The van der Waals surface area contributed by atoms with Gasteiger partial charge in [-0.15, -0.1) is 5.10 Å². The van der Waals surface area contributed by atoms with Crippen molar-refractivity contribution in [2.75, 3.05) is 26.4 Å². The molecule has 196 valence electrons. The molecule has 0 aliphatic heterocycles. The molecule has 2 N–H and O–H groups in total. The fraction of sp³-hybridized carbons (Fsp3) is 0.500. The quantitative estimate of drug-likeness (QED) is 0.240. The highest BCUT2D eigenvalue weighted by Gasteiger charge is 2.56. The molecule has 1 aliphatic carbocycles. The summed E-state index contributed by atoms with van der Waals surface area (Å²) in [5, 5.41) is 21.4. The van der Waals surface area contributed by atoms with Crippen LogP contribution in [0.15, 0.2) is 35.0 Å². The number of rotatable bonds is 13. The van der Waals surface area contributed by atoms with Gasteiger partial charge in [0, 0.05) is 17.6 Å². The molecular formula is C24H28F4N4O4. The Balaban J connectivity index is 1.79. The molecule has 0 bridgehead atoms. The lowest BCUT2D eigenvalue weighted by Crippen LogP contribution is -2.54. The van der Waals surface area contributed by atoms with Crippen LogP contribution in [0.25, 0.3) is 10.9 Å². The number of ether oxygens (including phenoxy) is 2. The van der Waals surface area contributed by atoms with E-state index in [1.807, 2.05) is 0 Å². The van der Waals surface area contributed by atoms with Crippen LogP contribution in [-0.2, 0) is 4.74 Å². The van der Waals surface area contributed by atoms with Gasteiger partial charge in [0.1, 0.15) is 11.3 Å². The number of hydrogen-bond acceptors (Lipinski definition) is 7. The van der Waals surface area contributed by atoms with Gasteiger partial charge in [0.15, 0.2) is 0 Å². The van der Waals surface area contributed by atoms with Gasteiger partial charge < -0.3 is 19.9 Å². The molecule has 2 aromatic rings. The first kappa shape index (κ1) is 27.5. The second-order valence-corrected chi connectivity index (χ2v) is 8.45. The number of hydrogen-bond donors (Lipinski definition) is 2. The minimum Gasteiger partial charge on any atom is -0.488 e. The normalized spacial score (nSPS) is 16.0. The molecule has 3 rings (SSSR count). The van der Waals surface area contributed by atoms with E-state index >= 15 is 0 Å². The number of alkyl halides is 4. The molecular weight excluding hydrogens is 484 g/mol. The Labute approximate surface area is 205 Å². The van der Waals surface area contributed by atoms with E-state index in [0.717, 1.165) is 18.9 Å². The summed E-state index contributed by atoms with van der Waals surface area (Å²) in [5.41, 5.74) is -3.20. The summed E-state index contributed by atoms with van der Waals surface area (Å²) in [6.45, 7) is 3.19. The predicted molar refractivity (Wildman–Crippen MR) is 125 cm³/mol. The highest BCUT2D eigenvalue weighted by atomic mass is 19.4. The molecule has 0 unspecified atom stereocenters. The Morgan fingerprint density at radius 1 is 1.28 bits per heavy atom. The van der Waals surface area contributed by atoms with Crippen LogP contribution in [0.5, 0.6) is 5.75 Å². The average molecular weight is 513 g/mol. The number of aliphatic hydroxyl groups is 1. The third-order valence-corrected chi connectivity index (χ3v) is 5.45. The Morgan fingerprint density at radius 3 is 2.67 bits per heavy atom. The molecule has 0 spiro atoms. The number of carbonyl (C=O) groups is 1. The van der Waals surface area contributed by atoms with Crippen molar-refractivity contribution >= 4 is 23.5 Å². The van der Waals surface area contributed by atoms with Crippen LogP contribution in [-0.4, -0.2) is 72.2 Å². The average Bonchev–Trinajstić information content (AvgIpc) is 3.64. The van der Waals surface area contributed by atoms with Crippen LogP contribution in [0.2, 0.25) is 0 Å². The van der Waals surface area contributed by atoms with Crippen molar-refractivity contribution in [1.29, 1.82) is 0 Å². The predicted octanol–water partition coefficient (Wildman–Crippen LogP) is 3.85. The van der Waals surface area contributed by atoms with E-state index in [1.54, 1.807) is 13.0 Å². The number of nitrogens with zero attached hydrogens (tertiary/aromatic N) is 3. The summed E-state index contributed by atoms with van der Waals surface area (Å²) < 4.78 is 64.7. The number of carbonyl (C=O) groups excluding carboxylic acids is 1. The number of aromatic nitrogens is 2.